The van der Waals surface area contributed by atoms with Gasteiger partial charge < -0.3 is 14.7 Å². The molecule has 2 aromatic carbocycles. The lowest BCUT2D eigenvalue weighted by molar-refractivity contribution is 0.0739. The summed E-state index contributed by atoms with van der Waals surface area (Å²) in [6.07, 6.45) is 4.62. The van der Waals surface area contributed by atoms with Gasteiger partial charge in [0.25, 0.3) is 0 Å². The molecule has 0 bridgehead atoms. The minimum atomic E-state index is -0.391. The van der Waals surface area contributed by atoms with E-state index in [-0.39, 0.29) is 23.2 Å². The van der Waals surface area contributed by atoms with Crippen molar-refractivity contribution < 1.29 is 14.6 Å². The highest BCUT2D eigenvalue weighted by atomic mass is 35.5. The van der Waals surface area contributed by atoms with Crippen LogP contribution in [0.3, 0.4) is 0 Å². The van der Waals surface area contributed by atoms with Gasteiger partial charge in [-0.25, -0.2) is 4.79 Å². The fourth-order valence-electron chi connectivity index (χ4n) is 5.34. The lowest BCUT2D eigenvalue weighted by Gasteiger charge is -2.23. The number of esters is 1. The van der Waals surface area contributed by atoms with E-state index >= 15 is 0 Å². The van der Waals surface area contributed by atoms with E-state index in [1.807, 2.05) is 62.6 Å². The van der Waals surface area contributed by atoms with Crippen molar-refractivity contribution in [1.29, 1.82) is 0 Å². The van der Waals surface area contributed by atoms with Crippen molar-refractivity contribution in [3.8, 4) is 5.75 Å². The predicted octanol–water partition coefficient (Wildman–Crippen LogP) is 7.90. The lowest BCUT2D eigenvalue weighted by Crippen LogP contribution is -2.21. The Morgan fingerprint density at radius 3 is 2.37 bits per heavy atom. The van der Waals surface area contributed by atoms with Crippen molar-refractivity contribution >= 4 is 52.1 Å². The third-order valence-corrected chi connectivity index (χ3v) is 9.18. The molecule has 204 valence electrons. The monoisotopic (exact) mass is 593 g/mol. The average molecular weight is 595 g/mol. The summed E-state index contributed by atoms with van der Waals surface area (Å²) in [7, 11) is 4.04. The fourth-order valence-corrected chi connectivity index (χ4v) is 7.34. The quantitative estimate of drug-likeness (QED) is 0.139. The van der Waals surface area contributed by atoms with Gasteiger partial charge in [-0.05, 0) is 118 Å². The molecule has 0 saturated heterocycles. The van der Waals surface area contributed by atoms with Crippen LogP contribution in [0, 0.1) is 11.8 Å². The minimum Gasteiger partial charge on any atom is -0.422 e. The van der Waals surface area contributed by atoms with Gasteiger partial charge in [0.15, 0.2) is 0 Å². The minimum absolute atomic E-state index is 0.0315. The molecular formula is C30H34Cl3NO3S. The zero-order chi connectivity index (χ0) is 27.2. The first-order chi connectivity index (χ1) is 18.2. The van der Waals surface area contributed by atoms with Gasteiger partial charge in [0.05, 0.1) is 6.10 Å². The third kappa shape index (κ3) is 8.20. The van der Waals surface area contributed by atoms with Crippen molar-refractivity contribution in [2.24, 2.45) is 11.8 Å². The second-order valence-electron chi connectivity index (χ2n) is 10.4. The molecule has 1 aliphatic carbocycles. The molecular weight excluding hydrogens is 561 g/mol. The average Bonchev–Trinajstić information content (AvgIpc) is 3.42. The molecule has 0 aliphatic heterocycles. The van der Waals surface area contributed by atoms with Crippen LogP contribution < -0.4 is 4.74 Å². The van der Waals surface area contributed by atoms with E-state index in [9.17, 15) is 9.90 Å². The van der Waals surface area contributed by atoms with E-state index < -0.39 is 6.10 Å². The number of benzene rings is 2. The Labute approximate surface area is 244 Å². The van der Waals surface area contributed by atoms with Crippen LogP contribution in [0.2, 0.25) is 10.0 Å². The molecule has 4 unspecified atom stereocenters. The lowest BCUT2D eigenvalue weighted by atomic mass is 9.85. The summed E-state index contributed by atoms with van der Waals surface area (Å²) in [5.41, 5.74) is 2.24. The maximum absolute atomic E-state index is 12.6. The highest BCUT2D eigenvalue weighted by Crippen LogP contribution is 2.42. The van der Waals surface area contributed by atoms with Crippen LogP contribution in [-0.4, -0.2) is 41.6 Å². The topological polar surface area (TPSA) is 49.8 Å². The van der Waals surface area contributed by atoms with Crippen molar-refractivity contribution in [3.63, 3.8) is 0 Å². The van der Waals surface area contributed by atoms with E-state index in [0.717, 1.165) is 49.1 Å². The molecule has 4 nitrogen and oxygen atoms in total. The molecule has 1 saturated carbocycles. The van der Waals surface area contributed by atoms with Crippen molar-refractivity contribution in [3.05, 3.63) is 85.5 Å². The summed E-state index contributed by atoms with van der Waals surface area (Å²) in [6.45, 7) is 0.838. The van der Waals surface area contributed by atoms with Crippen LogP contribution in [0.4, 0.5) is 0 Å². The maximum atomic E-state index is 12.6. The number of aryl methyl sites for hydroxylation is 2. The summed E-state index contributed by atoms with van der Waals surface area (Å²) in [6, 6.07) is 17.1. The Morgan fingerprint density at radius 1 is 0.974 bits per heavy atom. The zero-order valence-electron chi connectivity index (χ0n) is 21.7. The van der Waals surface area contributed by atoms with E-state index in [1.54, 1.807) is 6.07 Å². The molecule has 38 heavy (non-hydrogen) atoms. The number of rotatable bonds is 11. The van der Waals surface area contributed by atoms with Crippen LogP contribution in [0.15, 0.2) is 54.6 Å². The standard InChI is InChI=1S/C30H34Cl3NO3S/c1-34(2)18-19-6-9-23(10-7-19)37-30(36)29-13-11-24(38-29)4-3-5-25-26(28(35)17-27(25)33)12-8-20-14-21(31)16-22(32)15-20/h6-7,9-11,13-16,25-28,35H,3-5,8,12,17-18H2,1-2H3. The second kappa shape index (κ2) is 13.6. The molecule has 1 heterocycles. The maximum Gasteiger partial charge on any atom is 0.353 e. The van der Waals surface area contributed by atoms with Gasteiger partial charge in [0.2, 0.25) is 0 Å². The number of hydrogen-bond donors (Lipinski definition) is 1. The number of ether oxygens (including phenoxy) is 1. The first kappa shape index (κ1) is 29.4. The number of aliphatic hydroxyl groups is 1. The SMILES string of the molecule is CN(C)Cc1ccc(OC(=O)c2ccc(CCCC3C(Cl)CC(O)C3CCc3cc(Cl)cc(Cl)c3)s2)cc1. The molecule has 1 aliphatic rings. The first-order valence-corrected chi connectivity index (χ1v) is 15.0. The number of thiophene rings is 1. The molecule has 0 amide bonds. The van der Waals surface area contributed by atoms with Crippen LogP contribution in [0.5, 0.6) is 5.75 Å². The molecule has 3 aromatic rings. The van der Waals surface area contributed by atoms with E-state index in [4.69, 9.17) is 39.5 Å². The van der Waals surface area contributed by atoms with Gasteiger partial charge in [-0.15, -0.1) is 22.9 Å². The largest absolute Gasteiger partial charge is 0.422 e. The smallest absolute Gasteiger partial charge is 0.353 e. The number of alkyl halides is 1. The van der Waals surface area contributed by atoms with Gasteiger partial charge in [-0.2, -0.15) is 0 Å². The number of aliphatic hydroxyl groups excluding tert-OH is 1. The summed E-state index contributed by atoms with van der Waals surface area (Å²) in [4.78, 5) is 16.5. The number of halogens is 3. The second-order valence-corrected chi connectivity index (χ2v) is 13.0. The Morgan fingerprint density at radius 2 is 1.68 bits per heavy atom. The van der Waals surface area contributed by atoms with E-state index in [1.165, 1.54) is 16.9 Å². The van der Waals surface area contributed by atoms with Crippen LogP contribution in [0.1, 0.15) is 51.4 Å². The van der Waals surface area contributed by atoms with Crippen LogP contribution in [-0.2, 0) is 19.4 Å². The Kier molecular flexibility index (Phi) is 10.6. The molecule has 4 rings (SSSR count). The summed E-state index contributed by atoms with van der Waals surface area (Å²) >= 11 is 20.5. The third-order valence-electron chi connectivity index (χ3n) is 7.12. The fraction of sp³-hybridized carbons (Fsp3) is 0.433. The number of carbonyl (C=O) groups is 1. The van der Waals surface area contributed by atoms with Crippen molar-refractivity contribution in [2.75, 3.05) is 14.1 Å². The normalized spacial score (nSPS) is 21.2. The first-order valence-electron chi connectivity index (χ1n) is 13.0. The summed E-state index contributed by atoms with van der Waals surface area (Å²) in [5.74, 6) is 0.614. The van der Waals surface area contributed by atoms with Gasteiger partial charge in [-0.3, -0.25) is 0 Å². The van der Waals surface area contributed by atoms with Crippen LogP contribution in [0.25, 0.3) is 0 Å². The Hall–Kier alpha value is -1.60. The molecule has 8 heteroatoms. The molecule has 0 spiro atoms. The number of carbonyl (C=O) groups excluding carboxylic acids is 1. The van der Waals surface area contributed by atoms with Gasteiger partial charge >= 0.3 is 5.97 Å². The molecule has 0 radical (unpaired) electrons. The van der Waals surface area contributed by atoms with Gasteiger partial charge in [0, 0.05) is 26.8 Å². The molecule has 4 atom stereocenters. The van der Waals surface area contributed by atoms with E-state index in [2.05, 4.69) is 4.90 Å². The number of hydrogen-bond acceptors (Lipinski definition) is 5. The Bertz CT molecular complexity index is 1190. The van der Waals surface area contributed by atoms with Gasteiger partial charge in [0.1, 0.15) is 10.6 Å². The van der Waals surface area contributed by atoms with Gasteiger partial charge in [-0.1, -0.05) is 35.3 Å². The summed E-state index contributed by atoms with van der Waals surface area (Å²) < 4.78 is 5.57. The highest BCUT2D eigenvalue weighted by molar-refractivity contribution is 7.13. The molecule has 1 aromatic heterocycles. The zero-order valence-corrected chi connectivity index (χ0v) is 24.8. The van der Waals surface area contributed by atoms with Crippen LogP contribution >= 0.6 is 46.1 Å². The van der Waals surface area contributed by atoms with Crippen molar-refractivity contribution in [1.82, 2.24) is 4.90 Å². The molecule has 1 fully saturated rings. The van der Waals surface area contributed by atoms with Crippen molar-refractivity contribution in [2.45, 2.75) is 56.6 Å². The molecule has 1 N–H and O–H groups in total. The predicted molar refractivity (Wildman–Crippen MR) is 158 cm³/mol. The van der Waals surface area contributed by atoms with E-state index in [0.29, 0.717) is 27.1 Å². The number of nitrogens with zero attached hydrogens (tertiary/aromatic N) is 1. The Balaban J connectivity index is 1.27. The summed E-state index contributed by atoms with van der Waals surface area (Å²) in [5, 5.41) is 11.9. The highest BCUT2D eigenvalue weighted by Gasteiger charge is 2.40.